The van der Waals surface area contributed by atoms with Crippen LogP contribution in [-0.2, 0) is 25.9 Å². The van der Waals surface area contributed by atoms with E-state index in [1.807, 2.05) is 6.07 Å². The minimum atomic E-state index is -4.48. The van der Waals surface area contributed by atoms with Gasteiger partial charge in [-0.05, 0) is 81.7 Å². The monoisotopic (exact) mass is 698 g/mol. The third-order valence-electron chi connectivity index (χ3n) is 10.8. The number of ether oxygens (including phenoxy) is 2. The molecule has 1 saturated carbocycles. The summed E-state index contributed by atoms with van der Waals surface area (Å²) in [6, 6.07) is 11.4. The first-order valence-corrected chi connectivity index (χ1v) is 18.7. The number of sulfone groups is 1. The lowest BCUT2D eigenvalue weighted by Gasteiger charge is -2.60. The van der Waals surface area contributed by atoms with Crippen molar-refractivity contribution in [2.45, 2.75) is 74.6 Å². The van der Waals surface area contributed by atoms with Crippen molar-refractivity contribution < 1.29 is 35.9 Å². The van der Waals surface area contributed by atoms with E-state index in [1.54, 1.807) is 18.2 Å². The van der Waals surface area contributed by atoms with Crippen LogP contribution in [0.25, 0.3) is 10.9 Å². The molecule has 262 valence electrons. The maximum atomic E-state index is 13.8. The molecule has 0 radical (unpaired) electrons. The van der Waals surface area contributed by atoms with Gasteiger partial charge in [-0.15, -0.1) is 0 Å². The van der Waals surface area contributed by atoms with Gasteiger partial charge in [0.2, 0.25) is 0 Å². The molecule has 9 nitrogen and oxygen atoms in total. The van der Waals surface area contributed by atoms with Gasteiger partial charge in [0.25, 0.3) is 5.91 Å². The molecule has 3 fully saturated rings. The average molecular weight is 699 g/mol. The summed E-state index contributed by atoms with van der Waals surface area (Å²) in [5, 5.41) is 4.31. The molecule has 3 aliphatic heterocycles. The summed E-state index contributed by atoms with van der Waals surface area (Å²) in [6.07, 6.45) is 2.93. The number of carbonyl (C=O) groups is 1. The number of anilines is 2. The SMILES string of the molecule is CC1(N2CC3(CCOCC3)C2)CCC(Nc2cccc3c2cc(C#CCN2C(=O)COc4cc(S(C)(=O)=O)ccc42)n3CC(F)(F)F)CC1. The zero-order valence-electron chi connectivity index (χ0n) is 27.7. The second-order valence-corrected chi connectivity index (χ2v) is 16.3. The molecular weight excluding hydrogens is 657 g/mol. The summed E-state index contributed by atoms with van der Waals surface area (Å²) in [4.78, 5) is 16.8. The first-order valence-electron chi connectivity index (χ1n) is 16.8. The van der Waals surface area contributed by atoms with Crippen molar-refractivity contribution in [2.24, 2.45) is 5.41 Å². The lowest BCUT2D eigenvalue weighted by Crippen LogP contribution is -2.66. The molecule has 4 aliphatic rings. The first kappa shape index (κ1) is 33.8. The van der Waals surface area contributed by atoms with E-state index in [-0.39, 0.29) is 41.1 Å². The number of carbonyl (C=O) groups excluding carboxylic acids is 1. The Labute approximate surface area is 284 Å². The molecule has 1 amide bonds. The van der Waals surface area contributed by atoms with Gasteiger partial charge in [0.05, 0.1) is 28.3 Å². The first-order chi connectivity index (χ1) is 23.2. The molecule has 1 aliphatic carbocycles. The summed E-state index contributed by atoms with van der Waals surface area (Å²) in [6.45, 7) is 4.74. The van der Waals surface area contributed by atoms with Crippen LogP contribution < -0.4 is 15.0 Å². The molecule has 4 heterocycles. The van der Waals surface area contributed by atoms with E-state index in [1.165, 1.54) is 27.7 Å². The minimum Gasteiger partial charge on any atom is -0.482 e. The second-order valence-electron chi connectivity index (χ2n) is 14.3. The Morgan fingerprint density at radius 3 is 2.47 bits per heavy atom. The van der Waals surface area contributed by atoms with Crippen LogP contribution in [-0.4, -0.2) is 87.3 Å². The Morgan fingerprint density at radius 2 is 1.78 bits per heavy atom. The topological polar surface area (TPSA) is 93.1 Å². The summed E-state index contributed by atoms with van der Waals surface area (Å²) < 4.78 is 77.7. The van der Waals surface area contributed by atoms with Gasteiger partial charge in [-0.1, -0.05) is 12.0 Å². The van der Waals surface area contributed by atoms with E-state index in [9.17, 15) is 26.4 Å². The van der Waals surface area contributed by atoms with Crippen LogP contribution in [0.2, 0.25) is 0 Å². The molecule has 49 heavy (non-hydrogen) atoms. The van der Waals surface area contributed by atoms with E-state index in [4.69, 9.17) is 9.47 Å². The van der Waals surface area contributed by atoms with Gasteiger partial charge in [0.15, 0.2) is 16.4 Å². The van der Waals surface area contributed by atoms with E-state index in [0.29, 0.717) is 22.0 Å². The third-order valence-corrected chi connectivity index (χ3v) is 11.9. The van der Waals surface area contributed by atoms with Crippen molar-refractivity contribution in [3.63, 3.8) is 0 Å². The number of halogens is 3. The van der Waals surface area contributed by atoms with Gasteiger partial charge >= 0.3 is 6.18 Å². The molecule has 1 aromatic heterocycles. The number of hydrogen-bond donors (Lipinski definition) is 1. The van der Waals surface area contributed by atoms with Crippen molar-refractivity contribution >= 4 is 38.0 Å². The zero-order valence-corrected chi connectivity index (χ0v) is 28.6. The number of alkyl halides is 3. The Bertz CT molecular complexity index is 1920. The Balaban J connectivity index is 1.09. The van der Waals surface area contributed by atoms with Crippen LogP contribution >= 0.6 is 0 Å². The van der Waals surface area contributed by atoms with Gasteiger partial charge in [0.1, 0.15) is 12.3 Å². The molecule has 13 heteroatoms. The van der Waals surface area contributed by atoms with Gasteiger partial charge in [-0.25, -0.2) is 8.42 Å². The maximum absolute atomic E-state index is 13.8. The van der Waals surface area contributed by atoms with E-state index >= 15 is 0 Å². The molecule has 2 aromatic carbocycles. The Kier molecular flexibility index (Phi) is 8.64. The van der Waals surface area contributed by atoms with Gasteiger partial charge < -0.3 is 19.4 Å². The van der Waals surface area contributed by atoms with Crippen LogP contribution in [0.5, 0.6) is 5.75 Å². The van der Waals surface area contributed by atoms with Gasteiger partial charge in [0, 0.05) is 66.7 Å². The van der Waals surface area contributed by atoms with E-state index < -0.39 is 28.5 Å². The highest BCUT2D eigenvalue weighted by Gasteiger charge is 2.50. The fraction of sp³-hybridized carbons (Fsp3) is 0.528. The van der Waals surface area contributed by atoms with Crippen LogP contribution in [0, 0.1) is 17.3 Å². The summed E-state index contributed by atoms with van der Waals surface area (Å²) in [7, 11) is -3.50. The van der Waals surface area contributed by atoms with Crippen LogP contribution in [0.1, 0.15) is 51.1 Å². The fourth-order valence-corrected chi connectivity index (χ4v) is 8.48. The van der Waals surface area contributed by atoms with Crippen molar-refractivity contribution in [2.75, 3.05) is 55.9 Å². The molecule has 2 saturated heterocycles. The fourth-order valence-electron chi connectivity index (χ4n) is 7.85. The van der Waals surface area contributed by atoms with Crippen LogP contribution in [0.15, 0.2) is 47.4 Å². The number of fused-ring (bicyclic) bond motifs is 2. The highest BCUT2D eigenvalue weighted by atomic mass is 32.2. The molecule has 0 atom stereocenters. The smallest absolute Gasteiger partial charge is 0.406 e. The quantitative estimate of drug-likeness (QED) is 0.335. The standard InChI is InChI=1S/C36H41F3N4O5S/c1-34(41-22-35(23-41)14-17-47-18-15-35)12-10-25(11-13-34)40-29-6-3-7-30-28(29)19-26(43(30)24-36(37,38)39)5-4-16-42-31-9-8-27(49(2,45)46)20-32(31)48-21-33(42)44/h3,6-9,19-20,25,40H,10-18,21-24H2,1-2H3. The lowest BCUT2D eigenvalue weighted by molar-refractivity contribution is -0.140. The second kappa shape index (κ2) is 12.5. The molecule has 7 rings (SSSR count). The number of amides is 1. The largest absolute Gasteiger partial charge is 0.482 e. The molecular formula is C36H41F3N4O5S. The number of hydrogen-bond acceptors (Lipinski definition) is 7. The summed E-state index contributed by atoms with van der Waals surface area (Å²) in [5.74, 6) is 5.61. The number of nitrogens with zero attached hydrogens (tertiary/aromatic N) is 3. The van der Waals surface area contributed by atoms with Crippen molar-refractivity contribution in [1.82, 2.24) is 9.47 Å². The van der Waals surface area contributed by atoms with E-state index in [2.05, 4.69) is 29.0 Å². The summed E-state index contributed by atoms with van der Waals surface area (Å²) in [5.41, 5.74) is 2.31. The van der Waals surface area contributed by atoms with Crippen LogP contribution in [0.3, 0.4) is 0 Å². The molecule has 1 N–H and O–H groups in total. The third kappa shape index (κ3) is 6.87. The predicted octanol–water partition coefficient (Wildman–Crippen LogP) is 5.61. The summed E-state index contributed by atoms with van der Waals surface area (Å²) >= 11 is 0. The lowest BCUT2D eigenvalue weighted by atomic mass is 9.68. The van der Waals surface area contributed by atoms with Crippen molar-refractivity contribution in [1.29, 1.82) is 0 Å². The number of likely N-dealkylation sites (tertiary alicyclic amines) is 1. The minimum absolute atomic E-state index is 0.0505. The number of rotatable bonds is 6. The highest BCUT2D eigenvalue weighted by Crippen LogP contribution is 2.47. The number of benzene rings is 2. The highest BCUT2D eigenvalue weighted by molar-refractivity contribution is 7.90. The van der Waals surface area contributed by atoms with Gasteiger partial charge in [-0.2, -0.15) is 13.2 Å². The molecule has 3 aromatic rings. The molecule has 0 unspecified atom stereocenters. The normalized spacial score (nSPS) is 24.1. The Hall–Kier alpha value is -3.73. The Morgan fingerprint density at radius 1 is 1.04 bits per heavy atom. The van der Waals surface area contributed by atoms with Crippen molar-refractivity contribution in [3.8, 4) is 17.6 Å². The maximum Gasteiger partial charge on any atom is 0.406 e. The average Bonchev–Trinajstić information content (AvgIpc) is 3.38. The number of nitrogens with one attached hydrogen (secondary N) is 1. The van der Waals surface area contributed by atoms with Crippen molar-refractivity contribution in [3.05, 3.63) is 48.2 Å². The predicted molar refractivity (Wildman–Crippen MR) is 181 cm³/mol. The van der Waals surface area contributed by atoms with Gasteiger partial charge in [-0.3, -0.25) is 14.6 Å². The molecule has 1 spiro atoms. The zero-order chi connectivity index (χ0) is 34.6. The molecule has 0 bridgehead atoms. The van der Waals surface area contributed by atoms with Crippen LogP contribution in [0.4, 0.5) is 24.5 Å². The van der Waals surface area contributed by atoms with E-state index in [0.717, 1.165) is 76.8 Å². The number of aromatic nitrogens is 1.